The molecule has 0 spiro atoms. The Morgan fingerprint density at radius 3 is 2.15 bits per heavy atom. The summed E-state index contributed by atoms with van der Waals surface area (Å²) in [6.07, 6.45) is 2.62. The van der Waals surface area contributed by atoms with Gasteiger partial charge in [-0.1, -0.05) is 36.4 Å². The maximum atomic E-state index is 5.73. The maximum Gasteiger partial charge on any atom is 0.0314 e. The van der Waals surface area contributed by atoms with Gasteiger partial charge < -0.3 is 10.6 Å². The van der Waals surface area contributed by atoms with Crippen LogP contribution in [0.5, 0.6) is 0 Å². The summed E-state index contributed by atoms with van der Waals surface area (Å²) in [5.74, 6) is 0.689. The van der Waals surface area contributed by atoms with Gasteiger partial charge in [0, 0.05) is 12.2 Å². The van der Waals surface area contributed by atoms with Crippen molar-refractivity contribution < 1.29 is 0 Å². The van der Waals surface area contributed by atoms with E-state index in [4.69, 9.17) is 5.73 Å². The highest BCUT2D eigenvalue weighted by molar-refractivity contribution is 5.65. The molecule has 1 heterocycles. The summed E-state index contributed by atoms with van der Waals surface area (Å²) in [7, 11) is 2.22. The molecule has 3 rings (SSSR count). The first-order valence-electron chi connectivity index (χ1n) is 7.37. The highest BCUT2D eigenvalue weighted by Crippen LogP contribution is 2.28. The molecule has 2 aromatic carbocycles. The quantitative estimate of drug-likeness (QED) is 0.839. The first kappa shape index (κ1) is 13.2. The Labute approximate surface area is 121 Å². The number of benzene rings is 2. The fraction of sp³-hybridized carbons (Fsp3) is 0.333. The van der Waals surface area contributed by atoms with Gasteiger partial charge in [0.15, 0.2) is 0 Å². The molecule has 0 saturated carbocycles. The zero-order valence-corrected chi connectivity index (χ0v) is 12.0. The van der Waals surface area contributed by atoms with Crippen LogP contribution >= 0.6 is 0 Å². The summed E-state index contributed by atoms with van der Waals surface area (Å²) in [6.45, 7) is 2.42. The SMILES string of the molecule is CN1CCCC(c2ccc(-c3ccc(N)cc3)cc2)C1. The van der Waals surface area contributed by atoms with Gasteiger partial charge in [-0.05, 0) is 61.2 Å². The Morgan fingerprint density at radius 2 is 1.55 bits per heavy atom. The number of nitrogens with zero attached hydrogens (tertiary/aromatic N) is 1. The van der Waals surface area contributed by atoms with E-state index in [2.05, 4.69) is 48.3 Å². The molecule has 1 aliphatic rings. The second kappa shape index (κ2) is 5.68. The van der Waals surface area contributed by atoms with Gasteiger partial charge in [0.25, 0.3) is 0 Å². The predicted octanol–water partition coefficient (Wildman–Crippen LogP) is 3.75. The molecular weight excluding hydrogens is 244 g/mol. The average molecular weight is 266 g/mol. The molecule has 20 heavy (non-hydrogen) atoms. The first-order valence-corrected chi connectivity index (χ1v) is 7.37. The molecule has 2 aromatic rings. The van der Waals surface area contributed by atoms with E-state index in [1.54, 1.807) is 0 Å². The van der Waals surface area contributed by atoms with E-state index in [9.17, 15) is 0 Å². The van der Waals surface area contributed by atoms with Gasteiger partial charge in [-0.15, -0.1) is 0 Å². The summed E-state index contributed by atoms with van der Waals surface area (Å²) in [5.41, 5.74) is 10.5. The number of nitrogens with two attached hydrogens (primary N) is 1. The monoisotopic (exact) mass is 266 g/mol. The van der Waals surface area contributed by atoms with Crippen molar-refractivity contribution in [1.82, 2.24) is 4.90 Å². The predicted molar refractivity (Wildman–Crippen MR) is 85.8 cm³/mol. The molecule has 1 unspecified atom stereocenters. The van der Waals surface area contributed by atoms with Crippen LogP contribution in [0.2, 0.25) is 0 Å². The third kappa shape index (κ3) is 2.86. The van der Waals surface area contributed by atoms with E-state index in [0.717, 1.165) is 5.69 Å². The molecule has 1 atom stereocenters. The van der Waals surface area contributed by atoms with Gasteiger partial charge in [-0.3, -0.25) is 0 Å². The number of hydrogen-bond acceptors (Lipinski definition) is 2. The Hall–Kier alpha value is -1.80. The van der Waals surface area contributed by atoms with Crippen LogP contribution in [-0.4, -0.2) is 25.0 Å². The lowest BCUT2D eigenvalue weighted by molar-refractivity contribution is 0.251. The zero-order valence-electron chi connectivity index (χ0n) is 12.0. The van der Waals surface area contributed by atoms with Gasteiger partial charge in [0.2, 0.25) is 0 Å². The minimum Gasteiger partial charge on any atom is -0.399 e. The lowest BCUT2D eigenvalue weighted by atomic mass is 9.90. The molecule has 0 aliphatic carbocycles. The standard InChI is InChI=1S/C18H22N2/c1-20-12-2-3-17(13-20)16-6-4-14(5-7-16)15-8-10-18(19)11-9-15/h4-11,17H,2-3,12-13,19H2,1H3. The van der Waals surface area contributed by atoms with Crippen LogP contribution in [0.1, 0.15) is 24.3 Å². The topological polar surface area (TPSA) is 29.3 Å². The highest BCUT2D eigenvalue weighted by Gasteiger charge is 2.18. The van der Waals surface area contributed by atoms with Crippen LogP contribution in [0.4, 0.5) is 5.69 Å². The molecule has 1 fully saturated rings. The highest BCUT2D eigenvalue weighted by atomic mass is 15.1. The summed E-state index contributed by atoms with van der Waals surface area (Å²) in [4.78, 5) is 2.43. The normalized spacial score (nSPS) is 19.9. The average Bonchev–Trinajstić information content (AvgIpc) is 2.48. The van der Waals surface area contributed by atoms with Crippen molar-refractivity contribution >= 4 is 5.69 Å². The fourth-order valence-corrected chi connectivity index (χ4v) is 3.06. The molecule has 0 amide bonds. The van der Waals surface area contributed by atoms with Crippen LogP contribution in [0.15, 0.2) is 48.5 Å². The lowest BCUT2D eigenvalue weighted by Crippen LogP contribution is -2.30. The number of nitrogen functional groups attached to an aromatic ring is 1. The largest absolute Gasteiger partial charge is 0.399 e. The molecule has 2 N–H and O–H groups in total. The molecule has 104 valence electrons. The number of rotatable bonds is 2. The number of piperidine rings is 1. The van der Waals surface area contributed by atoms with Crippen molar-refractivity contribution in [3.63, 3.8) is 0 Å². The van der Waals surface area contributed by atoms with Crippen molar-refractivity contribution in [2.45, 2.75) is 18.8 Å². The Bertz CT molecular complexity index is 557. The van der Waals surface area contributed by atoms with Crippen molar-refractivity contribution in [3.05, 3.63) is 54.1 Å². The number of hydrogen-bond donors (Lipinski definition) is 1. The summed E-state index contributed by atoms with van der Waals surface area (Å²) in [6, 6.07) is 17.1. The van der Waals surface area contributed by atoms with E-state index >= 15 is 0 Å². The second-order valence-electron chi connectivity index (χ2n) is 5.85. The number of likely N-dealkylation sites (tertiary alicyclic amines) is 1. The fourth-order valence-electron chi connectivity index (χ4n) is 3.06. The van der Waals surface area contributed by atoms with Crippen molar-refractivity contribution in [2.24, 2.45) is 0 Å². The number of likely N-dealkylation sites (N-methyl/N-ethyl adjacent to an activating group) is 1. The molecule has 0 bridgehead atoms. The Kier molecular flexibility index (Phi) is 3.75. The zero-order chi connectivity index (χ0) is 13.9. The van der Waals surface area contributed by atoms with E-state index in [1.165, 1.54) is 42.6 Å². The molecule has 1 saturated heterocycles. The molecule has 0 radical (unpaired) electrons. The number of anilines is 1. The van der Waals surface area contributed by atoms with Crippen LogP contribution in [0.3, 0.4) is 0 Å². The van der Waals surface area contributed by atoms with Gasteiger partial charge in [-0.25, -0.2) is 0 Å². The molecule has 2 heteroatoms. The molecule has 2 nitrogen and oxygen atoms in total. The molecular formula is C18H22N2. The van der Waals surface area contributed by atoms with Gasteiger partial charge in [0.1, 0.15) is 0 Å². The van der Waals surface area contributed by atoms with Gasteiger partial charge in [0.05, 0.1) is 0 Å². The van der Waals surface area contributed by atoms with Gasteiger partial charge >= 0.3 is 0 Å². The Balaban J connectivity index is 1.78. The third-order valence-corrected chi connectivity index (χ3v) is 4.25. The summed E-state index contributed by atoms with van der Waals surface area (Å²) in [5, 5.41) is 0. The van der Waals surface area contributed by atoms with Crippen LogP contribution in [0, 0.1) is 0 Å². The smallest absolute Gasteiger partial charge is 0.0314 e. The van der Waals surface area contributed by atoms with Crippen LogP contribution < -0.4 is 5.73 Å². The second-order valence-corrected chi connectivity index (χ2v) is 5.85. The van der Waals surface area contributed by atoms with E-state index < -0.39 is 0 Å². The minimum absolute atomic E-state index is 0.689. The van der Waals surface area contributed by atoms with Crippen LogP contribution in [0.25, 0.3) is 11.1 Å². The van der Waals surface area contributed by atoms with Crippen molar-refractivity contribution in [1.29, 1.82) is 0 Å². The van der Waals surface area contributed by atoms with Crippen LogP contribution in [-0.2, 0) is 0 Å². The lowest BCUT2D eigenvalue weighted by Gasteiger charge is -2.30. The third-order valence-electron chi connectivity index (χ3n) is 4.25. The molecule has 1 aliphatic heterocycles. The summed E-state index contributed by atoms with van der Waals surface area (Å²) < 4.78 is 0. The van der Waals surface area contributed by atoms with Crippen molar-refractivity contribution in [3.8, 4) is 11.1 Å². The Morgan fingerprint density at radius 1 is 0.950 bits per heavy atom. The van der Waals surface area contributed by atoms with Gasteiger partial charge in [-0.2, -0.15) is 0 Å². The first-order chi connectivity index (χ1) is 9.72. The van der Waals surface area contributed by atoms with E-state index in [-0.39, 0.29) is 0 Å². The minimum atomic E-state index is 0.689. The van der Waals surface area contributed by atoms with E-state index in [0.29, 0.717) is 5.92 Å². The molecule has 0 aromatic heterocycles. The summed E-state index contributed by atoms with van der Waals surface area (Å²) >= 11 is 0. The maximum absolute atomic E-state index is 5.73. The van der Waals surface area contributed by atoms with Crippen molar-refractivity contribution in [2.75, 3.05) is 25.9 Å². The van der Waals surface area contributed by atoms with E-state index in [1.807, 2.05) is 12.1 Å².